The summed E-state index contributed by atoms with van der Waals surface area (Å²) in [5, 5.41) is 3.48. The van der Waals surface area contributed by atoms with Crippen molar-refractivity contribution >= 4 is 0 Å². The second kappa shape index (κ2) is 8.02. The van der Waals surface area contributed by atoms with Crippen molar-refractivity contribution in [1.29, 1.82) is 0 Å². The molecule has 0 radical (unpaired) electrons. The van der Waals surface area contributed by atoms with E-state index in [2.05, 4.69) is 36.2 Å². The minimum Gasteiger partial charge on any atom is -0.306 e. The smallest absolute Gasteiger partial charge is 0.0580 e. The molecule has 0 aromatic heterocycles. The predicted molar refractivity (Wildman–Crippen MR) is 81.9 cm³/mol. The lowest BCUT2D eigenvalue weighted by molar-refractivity contribution is 0.265. The molecule has 0 saturated heterocycles. The van der Waals surface area contributed by atoms with Crippen LogP contribution in [0.25, 0.3) is 0 Å². The minimum atomic E-state index is 0.808. The van der Waals surface area contributed by atoms with Gasteiger partial charge in [-0.05, 0) is 43.4 Å². The second-order valence-corrected chi connectivity index (χ2v) is 5.59. The predicted octanol–water partition coefficient (Wildman–Crippen LogP) is 3.84. The van der Waals surface area contributed by atoms with E-state index >= 15 is 0 Å². The van der Waals surface area contributed by atoms with Crippen LogP contribution in [0, 0.1) is 23.7 Å². The van der Waals surface area contributed by atoms with Gasteiger partial charge in [-0.1, -0.05) is 56.2 Å². The van der Waals surface area contributed by atoms with Crippen LogP contribution < -0.4 is 5.32 Å². The standard InChI is InChI=1S/C18H25N/c1-2-16-10-12-18(13-11-16)15-19-14-6-9-17-7-4-3-5-8-17/h3-5,7-8,16,18-19H,2,10-15H2,1H3. The summed E-state index contributed by atoms with van der Waals surface area (Å²) in [5.74, 6) is 8.26. The fraction of sp³-hybridized carbons (Fsp3) is 0.556. The first kappa shape index (κ1) is 14.2. The Kier molecular flexibility index (Phi) is 5.98. The van der Waals surface area contributed by atoms with E-state index in [1.165, 1.54) is 32.1 Å². The van der Waals surface area contributed by atoms with Crippen molar-refractivity contribution in [2.24, 2.45) is 11.8 Å². The Morgan fingerprint density at radius 3 is 2.42 bits per heavy atom. The zero-order chi connectivity index (χ0) is 13.3. The summed E-state index contributed by atoms with van der Waals surface area (Å²) in [7, 11) is 0. The van der Waals surface area contributed by atoms with Crippen molar-refractivity contribution in [1.82, 2.24) is 5.32 Å². The van der Waals surface area contributed by atoms with Gasteiger partial charge in [0, 0.05) is 5.56 Å². The molecular formula is C18H25N. The highest BCUT2D eigenvalue weighted by atomic mass is 14.8. The van der Waals surface area contributed by atoms with E-state index in [-0.39, 0.29) is 0 Å². The largest absolute Gasteiger partial charge is 0.306 e. The molecule has 1 fully saturated rings. The molecule has 1 saturated carbocycles. The molecule has 0 spiro atoms. The van der Waals surface area contributed by atoms with Crippen molar-refractivity contribution in [3.05, 3.63) is 35.9 Å². The Morgan fingerprint density at radius 1 is 1.05 bits per heavy atom. The van der Waals surface area contributed by atoms with Crippen LogP contribution in [0.15, 0.2) is 30.3 Å². The summed E-state index contributed by atoms with van der Waals surface area (Å²) in [5.41, 5.74) is 1.10. The Hall–Kier alpha value is -1.26. The highest BCUT2D eigenvalue weighted by molar-refractivity contribution is 5.33. The van der Waals surface area contributed by atoms with E-state index in [1.54, 1.807) is 0 Å². The maximum Gasteiger partial charge on any atom is 0.0580 e. The molecule has 0 amide bonds. The summed E-state index contributed by atoms with van der Waals surface area (Å²) in [6.07, 6.45) is 7.02. The average molecular weight is 255 g/mol. The van der Waals surface area contributed by atoms with E-state index < -0.39 is 0 Å². The molecule has 0 heterocycles. The van der Waals surface area contributed by atoms with Gasteiger partial charge in [0.1, 0.15) is 0 Å². The van der Waals surface area contributed by atoms with Gasteiger partial charge < -0.3 is 5.32 Å². The zero-order valence-electron chi connectivity index (χ0n) is 12.0. The molecule has 0 atom stereocenters. The van der Waals surface area contributed by atoms with Crippen molar-refractivity contribution in [3.63, 3.8) is 0 Å². The second-order valence-electron chi connectivity index (χ2n) is 5.59. The average Bonchev–Trinajstić information content (AvgIpc) is 2.49. The number of rotatable bonds is 4. The topological polar surface area (TPSA) is 12.0 Å². The third-order valence-corrected chi connectivity index (χ3v) is 4.20. The fourth-order valence-corrected chi connectivity index (χ4v) is 2.85. The maximum atomic E-state index is 3.48. The number of hydrogen-bond donors (Lipinski definition) is 1. The Labute approximate surface area is 117 Å². The van der Waals surface area contributed by atoms with Gasteiger partial charge in [0.15, 0.2) is 0 Å². The first-order valence-electron chi connectivity index (χ1n) is 7.63. The lowest BCUT2D eigenvalue weighted by Gasteiger charge is -2.27. The molecule has 0 bridgehead atoms. The van der Waals surface area contributed by atoms with Crippen LogP contribution in [0.5, 0.6) is 0 Å². The quantitative estimate of drug-likeness (QED) is 0.636. The molecular weight excluding hydrogens is 230 g/mol. The third-order valence-electron chi connectivity index (χ3n) is 4.20. The summed E-state index contributed by atoms with van der Waals surface area (Å²) >= 11 is 0. The van der Waals surface area contributed by atoms with Gasteiger partial charge in [-0.3, -0.25) is 0 Å². The van der Waals surface area contributed by atoms with E-state index in [1.807, 2.05) is 18.2 Å². The molecule has 1 aromatic carbocycles. The summed E-state index contributed by atoms with van der Waals surface area (Å²) in [6.45, 7) is 4.27. The Balaban J connectivity index is 1.61. The molecule has 102 valence electrons. The zero-order valence-corrected chi connectivity index (χ0v) is 12.0. The van der Waals surface area contributed by atoms with Crippen LogP contribution in [0.1, 0.15) is 44.6 Å². The van der Waals surface area contributed by atoms with E-state index in [0.29, 0.717) is 0 Å². The van der Waals surface area contributed by atoms with Crippen LogP contribution in [-0.2, 0) is 0 Å². The lowest BCUT2D eigenvalue weighted by atomic mass is 9.81. The highest BCUT2D eigenvalue weighted by Gasteiger charge is 2.19. The number of nitrogens with one attached hydrogen (secondary N) is 1. The molecule has 0 aliphatic heterocycles. The fourth-order valence-electron chi connectivity index (χ4n) is 2.85. The Morgan fingerprint density at radius 2 is 1.74 bits per heavy atom. The molecule has 1 nitrogen and oxygen atoms in total. The molecule has 1 aliphatic carbocycles. The molecule has 1 N–H and O–H groups in total. The maximum absolute atomic E-state index is 3.48. The molecule has 2 rings (SSSR count). The monoisotopic (exact) mass is 255 g/mol. The number of benzene rings is 1. The molecule has 19 heavy (non-hydrogen) atoms. The lowest BCUT2D eigenvalue weighted by Crippen LogP contribution is -2.26. The number of hydrogen-bond acceptors (Lipinski definition) is 1. The van der Waals surface area contributed by atoms with Crippen LogP contribution >= 0.6 is 0 Å². The van der Waals surface area contributed by atoms with Gasteiger partial charge >= 0.3 is 0 Å². The van der Waals surface area contributed by atoms with Crippen LogP contribution in [-0.4, -0.2) is 13.1 Å². The van der Waals surface area contributed by atoms with Crippen molar-refractivity contribution in [2.75, 3.05) is 13.1 Å². The SMILES string of the molecule is CCC1CCC(CNCC#Cc2ccccc2)CC1. The molecule has 1 aromatic rings. The highest BCUT2D eigenvalue weighted by Crippen LogP contribution is 2.29. The van der Waals surface area contributed by atoms with E-state index in [0.717, 1.165) is 30.5 Å². The van der Waals surface area contributed by atoms with Gasteiger partial charge in [0.25, 0.3) is 0 Å². The van der Waals surface area contributed by atoms with Crippen molar-refractivity contribution in [3.8, 4) is 11.8 Å². The van der Waals surface area contributed by atoms with Gasteiger partial charge in [0.2, 0.25) is 0 Å². The Bertz CT molecular complexity index is 404. The van der Waals surface area contributed by atoms with Gasteiger partial charge in [-0.15, -0.1) is 0 Å². The van der Waals surface area contributed by atoms with Crippen LogP contribution in [0.3, 0.4) is 0 Å². The minimum absolute atomic E-state index is 0.808. The van der Waals surface area contributed by atoms with E-state index in [4.69, 9.17) is 0 Å². The first-order valence-corrected chi connectivity index (χ1v) is 7.63. The van der Waals surface area contributed by atoms with Gasteiger partial charge in [0.05, 0.1) is 6.54 Å². The van der Waals surface area contributed by atoms with Gasteiger partial charge in [-0.2, -0.15) is 0 Å². The summed E-state index contributed by atoms with van der Waals surface area (Å²) in [4.78, 5) is 0. The normalized spacial score (nSPS) is 22.6. The van der Waals surface area contributed by atoms with Gasteiger partial charge in [-0.25, -0.2) is 0 Å². The van der Waals surface area contributed by atoms with Crippen molar-refractivity contribution in [2.45, 2.75) is 39.0 Å². The first-order chi connectivity index (χ1) is 9.38. The molecule has 1 heteroatoms. The third kappa shape index (κ3) is 5.09. The molecule has 1 aliphatic rings. The van der Waals surface area contributed by atoms with Crippen LogP contribution in [0.4, 0.5) is 0 Å². The van der Waals surface area contributed by atoms with Crippen molar-refractivity contribution < 1.29 is 0 Å². The summed E-state index contributed by atoms with van der Waals surface area (Å²) < 4.78 is 0. The van der Waals surface area contributed by atoms with Crippen LogP contribution in [0.2, 0.25) is 0 Å². The molecule has 0 unspecified atom stereocenters. The summed E-state index contributed by atoms with van der Waals surface area (Å²) in [6, 6.07) is 10.2. The van der Waals surface area contributed by atoms with E-state index in [9.17, 15) is 0 Å².